The molecule has 0 aromatic heterocycles. The number of nitrogens with one attached hydrogen (secondary N) is 1. The number of hydrogen-bond donors (Lipinski definition) is 2. The summed E-state index contributed by atoms with van der Waals surface area (Å²) in [6.45, 7) is 1.86. The summed E-state index contributed by atoms with van der Waals surface area (Å²) in [5, 5.41) is 7.90. The monoisotopic (exact) mass is 364 g/mol. The van der Waals surface area contributed by atoms with Crippen molar-refractivity contribution in [3.05, 3.63) is 53.1 Å². The van der Waals surface area contributed by atoms with Gasteiger partial charge in [0.1, 0.15) is 0 Å². The third kappa shape index (κ3) is 4.49. The summed E-state index contributed by atoms with van der Waals surface area (Å²) in [5.41, 5.74) is 1.51. The molecule has 0 spiro atoms. The highest BCUT2D eigenvalue weighted by molar-refractivity contribution is 7.89. The predicted molar refractivity (Wildman–Crippen MR) is 93.3 cm³/mol. The van der Waals surface area contributed by atoms with Gasteiger partial charge in [-0.2, -0.15) is 0 Å². The van der Waals surface area contributed by atoms with Gasteiger partial charge in [0.05, 0.1) is 19.1 Å². The zero-order chi connectivity index (χ0) is 18.6. The number of nitrogens with two attached hydrogens (primary N) is 1. The van der Waals surface area contributed by atoms with Crippen LogP contribution in [0.3, 0.4) is 0 Å². The van der Waals surface area contributed by atoms with Crippen molar-refractivity contribution < 1.29 is 22.7 Å². The molecule has 0 saturated carbocycles. The molecular weight excluding hydrogens is 344 g/mol. The van der Waals surface area contributed by atoms with E-state index in [9.17, 15) is 13.2 Å². The molecule has 0 unspecified atom stereocenters. The van der Waals surface area contributed by atoms with E-state index in [2.05, 4.69) is 5.32 Å². The first kappa shape index (κ1) is 18.8. The lowest BCUT2D eigenvalue weighted by Crippen LogP contribution is -2.23. The van der Waals surface area contributed by atoms with Gasteiger partial charge < -0.3 is 14.8 Å². The van der Waals surface area contributed by atoms with E-state index in [0.717, 1.165) is 5.56 Å². The van der Waals surface area contributed by atoms with E-state index < -0.39 is 15.9 Å². The van der Waals surface area contributed by atoms with Crippen LogP contribution in [-0.4, -0.2) is 28.5 Å². The molecule has 1 amide bonds. The van der Waals surface area contributed by atoms with Crippen LogP contribution < -0.4 is 19.9 Å². The second kappa shape index (κ2) is 7.54. The maximum Gasteiger partial charge on any atom is 0.251 e. The van der Waals surface area contributed by atoms with Crippen molar-refractivity contribution in [3.63, 3.8) is 0 Å². The maximum atomic E-state index is 12.3. The number of amides is 1. The number of methoxy groups -OCH3 is 2. The van der Waals surface area contributed by atoms with Gasteiger partial charge in [-0.3, -0.25) is 4.79 Å². The Kier molecular flexibility index (Phi) is 5.66. The Labute approximate surface area is 146 Å². The number of sulfonamides is 1. The number of hydrogen-bond acceptors (Lipinski definition) is 5. The van der Waals surface area contributed by atoms with Gasteiger partial charge in [0.15, 0.2) is 11.5 Å². The summed E-state index contributed by atoms with van der Waals surface area (Å²) in [6, 6.07) is 9.66. The summed E-state index contributed by atoms with van der Waals surface area (Å²) in [5.74, 6) is 0.745. The van der Waals surface area contributed by atoms with Crippen LogP contribution in [0.25, 0.3) is 0 Å². The molecule has 8 heteroatoms. The molecular formula is C17H20N2O5S. The summed E-state index contributed by atoms with van der Waals surface area (Å²) >= 11 is 0. The molecule has 0 aliphatic carbocycles. The van der Waals surface area contributed by atoms with Crippen molar-refractivity contribution in [1.82, 2.24) is 5.32 Å². The van der Waals surface area contributed by atoms with Crippen molar-refractivity contribution >= 4 is 15.9 Å². The third-order valence-corrected chi connectivity index (χ3v) is 4.71. The standard InChI is InChI=1S/C17H20N2O5S/c1-11-4-6-13(9-16(11)25(18,21)22)17(20)19-10-12-5-7-14(23-2)15(8-12)24-3/h4-9H,10H2,1-3H3,(H,19,20)(H2,18,21,22). The molecule has 0 radical (unpaired) electrons. The Morgan fingerprint density at radius 1 is 1.08 bits per heavy atom. The molecule has 0 atom stereocenters. The Bertz CT molecular complexity index is 894. The molecule has 2 rings (SSSR count). The molecule has 0 aliphatic heterocycles. The van der Waals surface area contributed by atoms with E-state index in [1.165, 1.54) is 13.2 Å². The van der Waals surface area contributed by atoms with Gasteiger partial charge in [-0.1, -0.05) is 12.1 Å². The Balaban J connectivity index is 2.16. The van der Waals surface area contributed by atoms with Crippen LogP contribution in [-0.2, 0) is 16.6 Å². The topological polar surface area (TPSA) is 108 Å². The van der Waals surface area contributed by atoms with E-state index in [-0.39, 0.29) is 17.0 Å². The predicted octanol–water partition coefficient (Wildman–Crippen LogP) is 1.59. The van der Waals surface area contributed by atoms with E-state index >= 15 is 0 Å². The minimum atomic E-state index is -3.88. The fourth-order valence-electron chi connectivity index (χ4n) is 2.32. The number of ether oxygens (including phenoxy) is 2. The number of benzene rings is 2. The summed E-state index contributed by atoms with van der Waals surface area (Å²) < 4.78 is 33.5. The summed E-state index contributed by atoms with van der Waals surface area (Å²) in [4.78, 5) is 12.2. The van der Waals surface area contributed by atoms with Crippen molar-refractivity contribution in [2.24, 2.45) is 5.14 Å². The fraction of sp³-hybridized carbons (Fsp3) is 0.235. The first-order chi connectivity index (χ1) is 11.8. The third-order valence-electron chi connectivity index (χ3n) is 3.66. The highest BCUT2D eigenvalue weighted by atomic mass is 32.2. The van der Waals surface area contributed by atoms with Crippen LogP contribution in [0.15, 0.2) is 41.3 Å². The summed E-state index contributed by atoms with van der Waals surface area (Å²) in [7, 11) is -0.813. The highest BCUT2D eigenvalue weighted by Gasteiger charge is 2.15. The van der Waals surface area contributed by atoms with Crippen LogP contribution in [0.5, 0.6) is 11.5 Å². The zero-order valence-corrected chi connectivity index (χ0v) is 15.0. The SMILES string of the molecule is COc1ccc(CNC(=O)c2ccc(C)c(S(N)(=O)=O)c2)cc1OC. The number of primary sulfonamides is 1. The molecule has 0 saturated heterocycles. The molecule has 3 N–H and O–H groups in total. The minimum absolute atomic E-state index is 0.0636. The molecule has 25 heavy (non-hydrogen) atoms. The van der Waals surface area contributed by atoms with Crippen molar-refractivity contribution in [2.75, 3.05) is 14.2 Å². The Hall–Kier alpha value is -2.58. The van der Waals surface area contributed by atoms with Gasteiger partial charge in [0, 0.05) is 12.1 Å². The molecule has 2 aromatic carbocycles. The maximum absolute atomic E-state index is 12.3. The van der Waals surface area contributed by atoms with Crippen LogP contribution in [0.4, 0.5) is 0 Å². The molecule has 0 heterocycles. The second-order valence-electron chi connectivity index (χ2n) is 5.40. The van der Waals surface area contributed by atoms with Gasteiger partial charge in [0.2, 0.25) is 10.0 Å². The average molecular weight is 364 g/mol. The van der Waals surface area contributed by atoms with Crippen LogP contribution in [0.1, 0.15) is 21.5 Å². The van der Waals surface area contributed by atoms with Gasteiger partial charge in [-0.25, -0.2) is 13.6 Å². The second-order valence-corrected chi connectivity index (χ2v) is 6.93. The molecule has 134 valence electrons. The van der Waals surface area contributed by atoms with Gasteiger partial charge in [0.25, 0.3) is 5.91 Å². The molecule has 2 aromatic rings. The number of rotatable bonds is 6. The van der Waals surface area contributed by atoms with Crippen molar-refractivity contribution in [1.29, 1.82) is 0 Å². The van der Waals surface area contributed by atoms with Crippen LogP contribution in [0.2, 0.25) is 0 Å². The normalized spacial score (nSPS) is 11.0. The van der Waals surface area contributed by atoms with E-state index in [1.54, 1.807) is 44.4 Å². The lowest BCUT2D eigenvalue weighted by molar-refractivity contribution is 0.0950. The lowest BCUT2D eigenvalue weighted by atomic mass is 10.1. The molecule has 0 bridgehead atoms. The van der Waals surface area contributed by atoms with Gasteiger partial charge >= 0.3 is 0 Å². The molecule has 0 fully saturated rings. The highest BCUT2D eigenvalue weighted by Crippen LogP contribution is 2.27. The van der Waals surface area contributed by atoms with E-state index in [1.807, 2.05) is 0 Å². The van der Waals surface area contributed by atoms with Crippen LogP contribution in [0, 0.1) is 6.92 Å². The largest absolute Gasteiger partial charge is 0.493 e. The first-order valence-corrected chi connectivity index (χ1v) is 8.93. The average Bonchev–Trinajstić information content (AvgIpc) is 2.58. The number of carbonyl (C=O) groups excluding carboxylic acids is 1. The number of carbonyl (C=O) groups is 1. The quantitative estimate of drug-likeness (QED) is 0.809. The van der Waals surface area contributed by atoms with E-state index in [0.29, 0.717) is 17.1 Å². The number of aryl methyl sites for hydroxylation is 1. The molecule has 7 nitrogen and oxygen atoms in total. The summed E-state index contributed by atoms with van der Waals surface area (Å²) in [6.07, 6.45) is 0. The first-order valence-electron chi connectivity index (χ1n) is 7.39. The Morgan fingerprint density at radius 3 is 2.36 bits per heavy atom. The van der Waals surface area contributed by atoms with Gasteiger partial charge in [-0.05, 0) is 42.3 Å². The molecule has 0 aliphatic rings. The lowest BCUT2D eigenvalue weighted by Gasteiger charge is -2.11. The van der Waals surface area contributed by atoms with E-state index in [4.69, 9.17) is 14.6 Å². The van der Waals surface area contributed by atoms with Gasteiger partial charge in [-0.15, -0.1) is 0 Å². The fourth-order valence-corrected chi connectivity index (χ4v) is 3.13. The van der Waals surface area contributed by atoms with Crippen molar-refractivity contribution in [3.8, 4) is 11.5 Å². The van der Waals surface area contributed by atoms with Crippen LogP contribution >= 0.6 is 0 Å². The Morgan fingerprint density at radius 2 is 1.76 bits per heavy atom. The minimum Gasteiger partial charge on any atom is -0.493 e. The zero-order valence-electron chi connectivity index (χ0n) is 14.2. The smallest absolute Gasteiger partial charge is 0.251 e. The van der Waals surface area contributed by atoms with Crippen molar-refractivity contribution in [2.45, 2.75) is 18.4 Å².